The van der Waals surface area contributed by atoms with Crippen LogP contribution in [0.4, 0.5) is 5.00 Å². The van der Waals surface area contributed by atoms with Crippen molar-refractivity contribution in [3.8, 4) is 11.8 Å². The fourth-order valence-corrected chi connectivity index (χ4v) is 5.42. The molecule has 1 aromatic heterocycles. The molecule has 164 valence electrons. The summed E-state index contributed by atoms with van der Waals surface area (Å²) in [6.07, 6.45) is 2.96. The Bertz CT molecular complexity index is 1140. The summed E-state index contributed by atoms with van der Waals surface area (Å²) in [5.74, 6) is 1.09. The summed E-state index contributed by atoms with van der Waals surface area (Å²) in [6, 6.07) is 19.4. The van der Waals surface area contributed by atoms with Crippen molar-refractivity contribution < 1.29 is 9.53 Å². The Morgan fingerprint density at radius 3 is 2.53 bits per heavy atom. The van der Waals surface area contributed by atoms with Crippen molar-refractivity contribution in [1.82, 2.24) is 0 Å². The molecule has 0 radical (unpaired) electrons. The molecule has 0 aliphatic heterocycles. The Hall–Kier alpha value is -3.10. The predicted octanol–water partition coefficient (Wildman–Crippen LogP) is 6.60. The summed E-state index contributed by atoms with van der Waals surface area (Å²) in [7, 11) is 0. The van der Waals surface area contributed by atoms with Crippen LogP contribution in [0.3, 0.4) is 0 Å². The van der Waals surface area contributed by atoms with Gasteiger partial charge in [-0.05, 0) is 66.0 Å². The van der Waals surface area contributed by atoms with E-state index in [1.54, 1.807) is 35.6 Å². The zero-order valence-electron chi connectivity index (χ0n) is 18.8. The van der Waals surface area contributed by atoms with Gasteiger partial charge in [-0.1, -0.05) is 51.1 Å². The zero-order valence-corrected chi connectivity index (χ0v) is 19.6. The lowest BCUT2D eigenvalue weighted by Gasteiger charge is -2.33. The van der Waals surface area contributed by atoms with Crippen LogP contribution in [0.25, 0.3) is 0 Å². The molecular formula is C27H28N2O2S. The SMILES string of the molecule is CC(C)(C)[C@@H]1CCc2c(sc(NC(=O)c3ccc(OCc4ccccc4)cc3)c2C#N)C1. The van der Waals surface area contributed by atoms with E-state index in [1.165, 1.54) is 4.88 Å². The Kier molecular flexibility index (Phi) is 6.34. The summed E-state index contributed by atoms with van der Waals surface area (Å²) in [5.41, 5.74) is 3.63. The van der Waals surface area contributed by atoms with Crippen LogP contribution in [-0.2, 0) is 19.4 Å². The van der Waals surface area contributed by atoms with Gasteiger partial charge in [0.25, 0.3) is 5.91 Å². The second-order valence-corrected chi connectivity index (χ2v) is 10.5. The summed E-state index contributed by atoms with van der Waals surface area (Å²) in [4.78, 5) is 14.1. The summed E-state index contributed by atoms with van der Waals surface area (Å²) in [5, 5.41) is 13.4. The Labute approximate surface area is 193 Å². The van der Waals surface area contributed by atoms with E-state index in [0.717, 1.165) is 30.4 Å². The number of nitrogens with zero attached hydrogens (tertiary/aromatic N) is 1. The molecule has 4 rings (SSSR count). The third kappa shape index (κ3) is 4.87. The first-order valence-electron chi connectivity index (χ1n) is 11.0. The number of anilines is 1. The molecule has 2 aromatic carbocycles. The quantitative estimate of drug-likeness (QED) is 0.482. The molecule has 0 spiro atoms. The van der Waals surface area contributed by atoms with Crippen LogP contribution in [0.15, 0.2) is 54.6 Å². The Morgan fingerprint density at radius 2 is 1.88 bits per heavy atom. The fraction of sp³-hybridized carbons (Fsp3) is 0.333. The van der Waals surface area contributed by atoms with Crippen LogP contribution in [0.2, 0.25) is 0 Å². The fourth-order valence-electron chi connectivity index (χ4n) is 4.15. The molecular weight excluding hydrogens is 416 g/mol. The molecule has 1 aliphatic carbocycles. The maximum Gasteiger partial charge on any atom is 0.256 e. The van der Waals surface area contributed by atoms with Crippen LogP contribution in [0.5, 0.6) is 5.75 Å². The van der Waals surface area contributed by atoms with Gasteiger partial charge in [-0.25, -0.2) is 0 Å². The number of nitrogens with one attached hydrogen (secondary N) is 1. The average Bonchev–Trinajstić information content (AvgIpc) is 3.14. The van der Waals surface area contributed by atoms with Crippen LogP contribution in [-0.4, -0.2) is 5.91 Å². The topological polar surface area (TPSA) is 62.1 Å². The van der Waals surface area contributed by atoms with E-state index in [1.807, 2.05) is 30.3 Å². The largest absolute Gasteiger partial charge is 0.489 e. The average molecular weight is 445 g/mol. The number of thiophene rings is 1. The van der Waals surface area contributed by atoms with Crippen LogP contribution in [0.1, 0.15) is 59.1 Å². The number of benzene rings is 2. The first-order chi connectivity index (χ1) is 15.3. The van der Waals surface area contributed by atoms with E-state index >= 15 is 0 Å². The number of carbonyl (C=O) groups excluding carboxylic acids is 1. The second-order valence-electron chi connectivity index (χ2n) is 9.38. The number of carbonyl (C=O) groups is 1. The van der Waals surface area contributed by atoms with Gasteiger partial charge in [0, 0.05) is 10.4 Å². The highest BCUT2D eigenvalue weighted by Crippen LogP contribution is 2.44. The molecule has 32 heavy (non-hydrogen) atoms. The van der Waals surface area contributed by atoms with E-state index in [0.29, 0.717) is 34.4 Å². The van der Waals surface area contributed by atoms with E-state index in [9.17, 15) is 10.1 Å². The number of nitriles is 1. The molecule has 1 N–H and O–H groups in total. The molecule has 0 saturated heterocycles. The van der Waals surface area contributed by atoms with Gasteiger partial charge in [0.15, 0.2) is 0 Å². The molecule has 1 heterocycles. The van der Waals surface area contributed by atoms with E-state index in [2.05, 4.69) is 32.2 Å². The molecule has 4 nitrogen and oxygen atoms in total. The number of fused-ring (bicyclic) bond motifs is 1. The van der Waals surface area contributed by atoms with Crippen molar-refractivity contribution in [2.45, 2.75) is 46.6 Å². The standard InChI is InChI=1S/C27H28N2O2S/c1-27(2,3)20-11-14-22-23(16-28)26(32-24(22)15-20)29-25(30)19-9-12-21(13-10-19)31-17-18-7-5-4-6-8-18/h4-10,12-13,20H,11,14-15,17H2,1-3H3,(H,29,30)/t20-/m1/s1. The zero-order chi connectivity index (χ0) is 22.7. The minimum Gasteiger partial charge on any atom is -0.489 e. The summed E-state index contributed by atoms with van der Waals surface area (Å²) >= 11 is 1.56. The van der Waals surface area contributed by atoms with Gasteiger partial charge in [0.1, 0.15) is 23.4 Å². The van der Waals surface area contributed by atoms with E-state index in [-0.39, 0.29) is 11.3 Å². The third-order valence-corrected chi connectivity index (χ3v) is 7.36. The number of ether oxygens (including phenoxy) is 1. The molecule has 0 bridgehead atoms. The minimum absolute atomic E-state index is 0.206. The van der Waals surface area contributed by atoms with E-state index < -0.39 is 0 Å². The highest BCUT2D eigenvalue weighted by atomic mass is 32.1. The molecule has 3 aromatic rings. The van der Waals surface area contributed by atoms with Gasteiger partial charge in [-0.15, -0.1) is 11.3 Å². The minimum atomic E-state index is -0.206. The monoisotopic (exact) mass is 444 g/mol. The van der Waals surface area contributed by atoms with Crippen molar-refractivity contribution in [1.29, 1.82) is 5.26 Å². The highest BCUT2D eigenvalue weighted by Gasteiger charge is 2.32. The van der Waals surface area contributed by atoms with Crippen molar-refractivity contribution in [3.05, 3.63) is 81.7 Å². The van der Waals surface area contributed by atoms with Gasteiger partial charge in [0.2, 0.25) is 0 Å². The lowest BCUT2D eigenvalue weighted by molar-refractivity contribution is 0.102. The Morgan fingerprint density at radius 1 is 1.16 bits per heavy atom. The summed E-state index contributed by atoms with van der Waals surface area (Å²) < 4.78 is 5.80. The van der Waals surface area contributed by atoms with Crippen LogP contribution in [0, 0.1) is 22.7 Å². The smallest absolute Gasteiger partial charge is 0.256 e. The highest BCUT2D eigenvalue weighted by molar-refractivity contribution is 7.16. The first kappa shape index (κ1) is 22.1. The number of rotatable bonds is 5. The van der Waals surface area contributed by atoms with Gasteiger partial charge < -0.3 is 10.1 Å². The number of amides is 1. The Balaban J connectivity index is 1.44. The van der Waals surface area contributed by atoms with Crippen LogP contribution < -0.4 is 10.1 Å². The molecule has 1 atom stereocenters. The van der Waals surface area contributed by atoms with Crippen molar-refractivity contribution >= 4 is 22.2 Å². The third-order valence-electron chi connectivity index (χ3n) is 6.19. The maximum absolute atomic E-state index is 12.9. The summed E-state index contributed by atoms with van der Waals surface area (Å²) in [6.45, 7) is 7.31. The van der Waals surface area contributed by atoms with Gasteiger partial charge in [-0.3, -0.25) is 4.79 Å². The lowest BCUT2D eigenvalue weighted by Crippen LogP contribution is -2.26. The van der Waals surface area contributed by atoms with E-state index in [4.69, 9.17) is 4.74 Å². The maximum atomic E-state index is 12.9. The molecule has 5 heteroatoms. The van der Waals surface area contributed by atoms with Crippen molar-refractivity contribution in [3.63, 3.8) is 0 Å². The molecule has 1 amide bonds. The normalized spacial score (nSPS) is 15.5. The van der Waals surface area contributed by atoms with Crippen molar-refractivity contribution in [2.75, 3.05) is 5.32 Å². The predicted molar refractivity (Wildman–Crippen MR) is 129 cm³/mol. The lowest BCUT2D eigenvalue weighted by atomic mass is 9.72. The van der Waals surface area contributed by atoms with Crippen LogP contribution >= 0.6 is 11.3 Å². The van der Waals surface area contributed by atoms with Gasteiger partial charge in [-0.2, -0.15) is 5.26 Å². The van der Waals surface area contributed by atoms with Gasteiger partial charge >= 0.3 is 0 Å². The molecule has 0 unspecified atom stereocenters. The van der Waals surface area contributed by atoms with Crippen molar-refractivity contribution in [2.24, 2.45) is 11.3 Å². The first-order valence-corrected chi connectivity index (χ1v) is 11.8. The number of hydrogen-bond acceptors (Lipinski definition) is 4. The second kappa shape index (κ2) is 9.18. The van der Waals surface area contributed by atoms with Gasteiger partial charge in [0.05, 0.1) is 5.56 Å². The molecule has 1 aliphatic rings. The molecule has 0 saturated carbocycles. The number of hydrogen-bond donors (Lipinski definition) is 1. The molecule has 0 fully saturated rings.